The fraction of sp³-hybridized carbons (Fsp3) is 0.500. The highest BCUT2D eigenvalue weighted by Gasteiger charge is 2.36. The predicted octanol–water partition coefficient (Wildman–Crippen LogP) is 5.47. The Morgan fingerprint density at radius 1 is 1.23 bits per heavy atom. The Morgan fingerprint density at radius 2 is 1.92 bits per heavy atom. The van der Waals surface area contributed by atoms with Crippen molar-refractivity contribution in [1.82, 2.24) is 9.88 Å². The molecular formula is C20H25BrN2O3. The van der Waals surface area contributed by atoms with Crippen molar-refractivity contribution in [2.24, 2.45) is 0 Å². The van der Waals surface area contributed by atoms with E-state index in [-0.39, 0.29) is 12.1 Å². The molecule has 1 aromatic carbocycles. The summed E-state index contributed by atoms with van der Waals surface area (Å²) in [5, 5.41) is 10.6. The van der Waals surface area contributed by atoms with E-state index in [2.05, 4.69) is 20.9 Å². The number of pyridine rings is 1. The first-order valence-electron chi connectivity index (χ1n) is 8.99. The Balaban J connectivity index is 1.70. The van der Waals surface area contributed by atoms with E-state index in [0.717, 1.165) is 46.8 Å². The van der Waals surface area contributed by atoms with E-state index in [1.54, 1.807) is 11.1 Å². The number of halogens is 1. The summed E-state index contributed by atoms with van der Waals surface area (Å²) in [4.78, 5) is 17.7. The first-order chi connectivity index (χ1) is 12.3. The van der Waals surface area contributed by atoms with Gasteiger partial charge < -0.3 is 14.7 Å². The van der Waals surface area contributed by atoms with Crippen molar-refractivity contribution in [3.8, 4) is 5.75 Å². The molecule has 0 unspecified atom stereocenters. The number of carboxylic acid groups (broad SMARTS) is 1. The molecule has 1 fully saturated rings. The SMILES string of the molecule is CC(C)(C)N(C(=O)O)C1CCC(Oc2ccnc3c(Br)cccc23)CC1. The number of hydrogen-bond donors (Lipinski definition) is 1. The first kappa shape index (κ1) is 19.0. The summed E-state index contributed by atoms with van der Waals surface area (Å²) >= 11 is 3.53. The molecule has 1 saturated carbocycles. The van der Waals surface area contributed by atoms with E-state index in [4.69, 9.17) is 4.74 Å². The van der Waals surface area contributed by atoms with Crippen LogP contribution in [-0.4, -0.2) is 38.8 Å². The molecule has 5 nitrogen and oxygen atoms in total. The van der Waals surface area contributed by atoms with Crippen LogP contribution in [0.4, 0.5) is 4.79 Å². The van der Waals surface area contributed by atoms with E-state index in [1.807, 2.05) is 45.0 Å². The molecule has 1 aromatic heterocycles. The molecule has 0 spiro atoms. The zero-order chi connectivity index (χ0) is 18.9. The van der Waals surface area contributed by atoms with Gasteiger partial charge in [-0.2, -0.15) is 0 Å². The molecule has 0 bridgehead atoms. The van der Waals surface area contributed by atoms with Gasteiger partial charge in [-0.1, -0.05) is 6.07 Å². The Kier molecular flexibility index (Phi) is 5.42. The molecule has 1 N–H and O–H groups in total. The largest absolute Gasteiger partial charge is 0.490 e. The number of hydrogen-bond acceptors (Lipinski definition) is 3. The maximum absolute atomic E-state index is 11.7. The quantitative estimate of drug-likeness (QED) is 0.714. The van der Waals surface area contributed by atoms with Crippen molar-refractivity contribution in [3.05, 3.63) is 34.9 Å². The molecule has 0 aliphatic heterocycles. The lowest BCUT2D eigenvalue weighted by Crippen LogP contribution is -2.52. The van der Waals surface area contributed by atoms with Crippen LogP contribution in [0.25, 0.3) is 10.9 Å². The predicted molar refractivity (Wildman–Crippen MR) is 106 cm³/mol. The Labute approximate surface area is 162 Å². The number of ether oxygens (including phenoxy) is 1. The van der Waals surface area contributed by atoms with Gasteiger partial charge >= 0.3 is 6.09 Å². The third-order valence-corrected chi connectivity index (χ3v) is 5.55. The average Bonchev–Trinajstić information content (AvgIpc) is 2.56. The highest BCUT2D eigenvalue weighted by atomic mass is 79.9. The Bertz CT molecular complexity index is 795. The van der Waals surface area contributed by atoms with Crippen LogP contribution in [0.1, 0.15) is 46.5 Å². The molecule has 0 atom stereocenters. The molecule has 1 aliphatic rings. The number of fused-ring (bicyclic) bond motifs is 1. The molecule has 140 valence electrons. The molecule has 0 saturated heterocycles. The monoisotopic (exact) mass is 420 g/mol. The van der Waals surface area contributed by atoms with Crippen LogP contribution in [0.3, 0.4) is 0 Å². The lowest BCUT2D eigenvalue weighted by molar-refractivity contribution is 0.0370. The smallest absolute Gasteiger partial charge is 0.407 e. The number of para-hydroxylation sites is 1. The van der Waals surface area contributed by atoms with Gasteiger partial charge in [0.05, 0.1) is 11.6 Å². The van der Waals surface area contributed by atoms with Gasteiger partial charge in [0.15, 0.2) is 0 Å². The molecule has 3 rings (SSSR count). The summed E-state index contributed by atoms with van der Waals surface area (Å²) in [5.41, 5.74) is 0.501. The van der Waals surface area contributed by atoms with E-state index >= 15 is 0 Å². The fourth-order valence-electron chi connectivity index (χ4n) is 3.81. The standard InChI is InChI=1S/C20H25BrN2O3/c1-20(2,3)23(19(24)25)13-7-9-14(10-8-13)26-17-11-12-22-18-15(17)5-4-6-16(18)21/h4-6,11-14H,7-10H2,1-3H3,(H,24,25). The minimum absolute atomic E-state index is 0.0516. The summed E-state index contributed by atoms with van der Waals surface area (Å²) in [6.07, 6.45) is 4.37. The normalized spacial score (nSPS) is 20.8. The van der Waals surface area contributed by atoms with Crippen LogP contribution in [0.5, 0.6) is 5.75 Å². The van der Waals surface area contributed by atoms with Crippen LogP contribution in [0, 0.1) is 0 Å². The zero-order valence-corrected chi connectivity index (χ0v) is 17.0. The van der Waals surface area contributed by atoms with Gasteiger partial charge in [-0.3, -0.25) is 4.98 Å². The van der Waals surface area contributed by atoms with Gasteiger partial charge in [0.25, 0.3) is 0 Å². The van der Waals surface area contributed by atoms with Gasteiger partial charge in [-0.05, 0) is 80.6 Å². The number of rotatable bonds is 3. The Morgan fingerprint density at radius 3 is 2.54 bits per heavy atom. The molecule has 26 heavy (non-hydrogen) atoms. The fourth-order valence-corrected chi connectivity index (χ4v) is 4.28. The second kappa shape index (κ2) is 7.43. The van der Waals surface area contributed by atoms with Crippen molar-refractivity contribution in [2.75, 3.05) is 0 Å². The summed E-state index contributed by atoms with van der Waals surface area (Å²) < 4.78 is 7.22. The average molecular weight is 421 g/mol. The molecule has 0 radical (unpaired) electrons. The molecule has 1 amide bonds. The maximum atomic E-state index is 11.7. The highest BCUT2D eigenvalue weighted by Crippen LogP contribution is 2.34. The van der Waals surface area contributed by atoms with Crippen molar-refractivity contribution >= 4 is 32.9 Å². The third kappa shape index (κ3) is 3.95. The first-order valence-corrected chi connectivity index (χ1v) is 9.79. The topological polar surface area (TPSA) is 62.7 Å². The Hall–Kier alpha value is -1.82. The number of amides is 1. The molecular weight excluding hydrogens is 396 g/mol. The van der Waals surface area contributed by atoms with Gasteiger partial charge in [-0.25, -0.2) is 4.79 Å². The van der Waals surface area contributed by atoms with Gasteiger partial charge in [0, 0.05) is 27.6 Å². The minimum Gasteiger partial charge on any atom is -0.490 e. The summed E-state index contributed by atoms with van der Waals surface area (Å²) in [5.74, 6) is 0.839. The van der Waals surface area contributed by atoms with Crippen molar-refractivity contribution in [2.45, 2.75) is 64.1 Å². The van der Waals surface area contributed by atoms with Gasteiger partial charge in [-0.15, -0.1) is 0 Å². The maximum Gasteiger partial charge on any atom is 0.407 e. The summed E-state index contributed by atoms with van der Waals surface area (Å²) in [7, 11) is 0. The number of aromatic nitrogens is 1. The second-order valence-corrected chi connectivity index (χ2v) is 8.67. The van der Waals surface area contributed by atoms with Crippen molar-refractivity contribution in [1.29, 1.82) is 0 Å². The van der Waals surface area contributed by atoms with E-state index in [0.29, 0.717) is 0 Å². The van der Waals surface area contributed by atoms with Crippen LogP contribution in [-0.2, 0) is 0 Å². The lowest BCUT2D eigenvalue weighted by Gasteiger charge is -2.42. The van der Waals surface area contributed by atoms with Crippen LogP contribution < -0.4 is 4.74 Å². The van der Waals surface area contributed by atoms with Crippen LogP contribution in [0.2, 0.25) is 0 Å². The van der Waals surface area contributed by atoms with Crippen molar-refractivity contribution < 1.29 is 14.6 Å². The summed E-state index contributed by atoms with van der Waals surface area (Å²) in [6, 6.07) is 7.92. The molecule has 1 heterocycles. The number of carbonyl (C=O) groups is 1. The minimum atomic E-state index is -0.841. The van der Waals surface area contributed by atoms with Gasteiger partial charge in [0.1, 0.15) is 5.75 Å². The van der Waals surface area contributed by atoms with E-state index < -0.39 is 11.6 Å². The highest BCUT2D eigenvalue weighted by molar-refractivity contribution is 9.10. The summed E-state index contributed by atoms with van der Waals surface area (Å²) in [6.45, 7) is 5.85. The van der Waals surface area contributed by atoms with E-state index in [1.165, 1.54) is 0 Å². The second-order valence-electron chi connectivity index (χ2n) is 7.82. The van der Waals surface area contributed by atoms with Gasteiger partial charge in [0.2, 0.25) is 0 Å². The molecule has 6 heteroatoms. The van der Waals surface area contributed by atoms with Crippen LogP contribution in [0.15, 0.2) is 34.9 Å². The van der Waals surface area contributed by atoms with Crippen LogP contribution >= 0.6 is 15.9 Å². The number of nitrogens with zero attached hydrogens (tertiary/aromatic N) is 2. The van der Waals surface area contributed by atoms with Crippen molar-refractivity contribution in [3.63, 3.8) is 0 Å². The number of benzene rings is 1. The zero-order valence-electron chi connectivity index (χ0n) is 15.4. The molecule has 1 aliphatic carbocycles. The lowest BCUT2D eigenvalue weighted by atomic mass is 9.89. The third-order valence-electron chi connectivity index (χ3n) is 4.91. The molecule has 2 aromatic rings. The van der Waals surface area contributed by atoms with E-state index in [9.17, 15) is 9.90 Å².